The minimum absolute atomic E-state index is 0.466. The Morgan fingerprint density at radius 3 is 2.62 bits per heavy atom. The molecule has 1 atom stereocenters. The highest BCUT2D eigenvalue weighted by molar-refractivity contribution is 5.51. The molecule has 0 spiro atoms. The van der Waals surface area contributed by atoms with Gasteiger partial charge >= 0.3 is 0 Å². The summed E-state index contributed by atoms with van der Waals surface area (Å²) in [7, 11) is 0. The van der Waals surface area contributed by atoms with Crippen LogP contribution in [0.5, 0.6) is 0 Å². The molecule has 1 aromatic rings. The molecule has 0 aliphatic rings. The van der Waals surface area contributed by atoms with Gasteiger partial charge in [-0.25, -0.2) is 9.67 Å². The molecule has 0 aromatic carbocycles. The van der Waals surface area contributed by atoms with Crippen LogP contribution in [0.25, 0.3) is 5.70 Å². The number of hydrogen-bond donors (Lipinski definition) is 1. The zero-order chi connectivity index (χ0) is 9.84. The summed E-state index contributed by atoms with van der Waals surface area (Å²) in [5.41, 5.74) is 1.87. The molecule has 0 saturated heterocycles. The first-order valence-electron chi connectivity index (χ1n) is 4.37. The third kappa shape index (κ3) is 2.15. The van der Waals surface area contributed by atoms with Gasteiger partial charge in [-0.15, -0.1) is 0 Å². The highest BCUT2D eigenvalue weighted by atomic mass is 16.3. The first-order valence-corrected chi connectivity index (χ1v) is 4.37. The maximum Gasteiger partial charge on any atom is 0.138 e. The average molecular weight is 181 g/mol. The summed E-state index contributed by atoms with van der Waals surface area (Å²) < 4.78 is 1.61. The van der Waals surface area contributed by atoms with Crippen LogP contribution in [0.15, 0.2) is 18.2 Å². The summed E-state index contributed by atoms with van der Waals surface area (Å²) in [6, 6.07) is 0. The summed E-state index contributed by atoms with van der Waals surface area (Å²) in [6.45, 7) is 5.84. The molecule has 0 aliphatic heterocycles. The summed E-state index contributed by atoms with van der Waals surface area (Å²) in [5.74, 6) is 0. The fourth-order valence-corrected chi connectivity index (χ4v) is 1.24. The number of rotatable bonds is 3. The third-order valence-electron chi connectivity index (χ3n) is 1.88. The molecule has 4 heteroatoms. The molecular weight excluding hydrogens is 166 g/mol. The van der Waals surface area contributed by atoms with Gasteiger partial charge in [0.15, 0.2) is 0 Å². The Hall–Kier alpha value is -1.16. The number of aromatic nitrogens is 3. The lowest BCUT2D eigenvalue weighted by Gasteiger charge is -2.14. The second-order valence-corrected chi connectivity index (χ2v) is 3.15. The van der Waals surface area contributed by atoms with Crippen molar-refractivity contribution in [3.63, 3.8) is 0 Å². The monoisotopic (exact) mass is 181 g/mol. The number of aliphatic hydroxyl groups is 1. The predicted octanol–water partition coefficient (Wildman–Crippen LogP) is 1.30. The van der Waals surface area contributed by atoms with Crippen molar-refractivity contribution in [2.24, 2.45) is 0 Å². The summed E-state index contributed by atoms with van der Waals surface area (Å²) >= 11 is 0. The molecule has 0 radical (unpaired) electrons. The molecule has 13 heavy (non-hydrogen) atoms. The molecule has 1 aromatic heterocycles. The minimum atomic E-state index is -0.466. The first kappa shape index (κ1) is 9.92. The Labute approximate surface area is 77.9 Å². The molecule has 0 amide bonds. The summed E-state index contributed by atoms with van der Waals surface area (Å²) in [4.78, 5) is 3.85. The predicted molar refractivity (Wildman–Crippen MR) is 50.9 cm³/mol. The number of hydrogen-bond acceptors (Lipinski definition) is 3. The topological polar surface area (TPSA) is 50.9 Å². The number of aliphatic hydroxyl groups excluding tert-OH is 1. The molecule has 1 heterocycles. The van der Waals surface area contributed by atoms with Gasteiger partial charge < -0.3 is 5.11 Å². The molecule has 72 valence electrons. The lowest BCUT2D eigenvalue weighted by molar-refractivity contribution is 0.220. The molecular formula is C9H15N3O. The van der Waals surface area contributed by atoms with E-state index < -0.39 is 6.10 Å². The normalized spacial score (nSPS) is 12.6. The standard InChI is InChI=1S/C9H15N3O/c1-4-8(13)9(7(2)3)12-6-10-5-11-12/h5-6,8,13H,4H2,1-3H3. The van der Waals surface area contributed by atoms with Crippen LogP contribution >= 0.6 is 0 Å². The van der Waals surface area contributed by atoms with Gasteiger partial charge in [-0.1, -0.05) is 12.5 Å². The average Bonchev–Trinajstić information content (AvgIpc) is 2.56. The highest BCUT2D eigenvalue weighted by Crippen LogP contribution is 2.15. The Balaban J connectivity index is 3.02. The molecule has 0 saturated carbocycles. The van der Waals surface area contributed by atoms with Crippen molar-refractivity contribution in [2.45, 2.75) is 33.3 Å². The van der Waals surface area contributed by atoms with E-state index in [9.17, 15) is 5.11 Å². The Kier molecular flexibility index (Phi) is 3.19. The molecule has 4 nitrogen and oxygen atoms in total. The van der Waals surface area contributed by atoms with E-state index >= 15 is 0 Å². The van der Waals surface area contributed by atoms with E-state index in [1.165, 1.54) is 6.33 Å². The van der Waals surface area contributed by atoms with Gasteiger partial charge in [0.2, 0.25) is 0 Å². The van der Waals surface area contributed by atoms with Crippen molar-refractivity contribution in [3.05, 3.63) is 18.2 Å². The smallest absolute Gasteiger partial charge is 0.138 e. The fraction of sp³-hybridized carbons (Fsp3) is 0.556. The van der Waals surface area contributed by atoms with E-state index in [2.05, 4.69) is 10.1 Å². The molecule has 1 rings (SSSR count). The fourth-order valence-electron chi connectivity index (χ4n) is 1.24. The van der Waals surface area contributed by atoms with Crippen molar-refractivity contribution in [3.8, 4) is 0 Å². The van der Waals surface area contributed by atoms with Gasteiger partial charge in [-0.2, -0.15) is 5.10 Å². The first-order chi connectivity index (χ1) is 6.16. The summed E-state index contributed by atoms with van der Waals surface area (Å²) in [5, 5.41) is 13.7. The Bertz CT molecular complexity index is 286. The van der Waals surface area contributed by atoms with Crippen LogP contribution in [0.4, 0.5) is 0 Å². The largest absolute Gasteiger partial charge is 0.387 e. The van der Waals surface area contributed by atoms with Gasteiger partial charge in [0.25, 0.3) is 0 Å². The van der Waals surface area contributed by atoms with E-state index in [1.807, 2.05) is 20.8 Å². The lowest BCUT2D eigenvalue weighted by Crippen LogP contribution is -2.15. The van der Waals surface area contributed by atoms with E-state index in [1.54, 1.807) is 11.0 Å². The van der Waals surface area contributed by atoms with E-state index in [0.717, 1.165) is 11.3 Å². The van der Waals surface area contributed by atoms with Gasteiger partial charge in [-0.05, 0) is 20.3 Å². The van der Waals surface area contributed by atoms with Gasteiger partial charge in [0.1, 0.15) is 12.7 Å². The molecule has 0 aliphatic carbocycles. The highest BCUT2D eigenvalue weighted by Gasteiger charge is 2.12. The SMILES string of the molecule is CCC(O)C(=C(C)C)n1cncn1. The van der Waals surface area contributed by atoms with Crippen molar-refractivity contribution in [1.82, 2.24) is 14.8 Å². The maximum absolute atomic E-state index is 9.71. The van der Waals surface area contributed by atoms with Crippen molar-refractivity contribution in [2.75, 3.05) is 0 Å². The molecule has 1 N–H and O–H groups in total. The van der Waals surface area contributed by atoms with E-state index in [-0.39, 0.29) is 0 Å². The van der Waals surface area contributed by atoms with Gasteiger partial charge in [0, 0.05) is 0 Å². The van der Waals surface area contributed by atoms with Crippen molar-refractivity contribution >= 4 is 5.70 Å². The summed E-state index contributed by atoms with van der Waals surface area (Å²) in [6.07, 6.45) is 3.28. The molecule has 0 fully saturated rings. The van der Waals surface area contributed by atoms with Crippen LogP contribution in [0.1, 0.15) is 27.2 Å². The quantitative estimate of drug-likeness (QED) is 0.764. The van der Waals surface area contributed by atoms with Crippen LogP contribution in [0.3, 0.4) is 0 Å². The van der Waals surface area contributed by atoms with Crippen LogP contribution in [-0.2, 0) is 0 Å². The minimum Gasteiger partial charge on any atom is -0.387 e. The second kappa shape index (κ2) is 4.18. The van der Waals surface area contributed by atoms with Gasteiger partial charge in [-0.3, -0.25) is 0 Å². The second-order valence-electron chi connectivity index (χ2n) is 3.15. The Morgan fingerprint density at radius 1 is 1.54 bits per heavy atom. The molecule has 0 bridgehead atoms. The number of nitrogens with zero attached hydrogens (tertiary/aromatic N) is 3. The van der Waals surface area contributed by atoms with Crippen molar-refractivity contribution < 1.29 is 5.11 Å². The van der Waals surface area contributed by atoms with Gasteiger partial charge in [0.05, 0.1) is 11.8 Å². The van der Waals surface area contributed by atoms with Crippen LogP contribution in [-0.4, -0.2) is 26.0 Å². The van der Waals surface area contributed by atoms with Crippen LogP contribution < -0.4 is 0 Å². The third-order valence-corrected chi connectivity index (χ3v) is 1.88. The Morgan fingerprint density at radius 2 is 2.23 bits per heavy atom. The van der Waals surface area contributed by atoms with E-state index in [0.29, 0.717) is 6.42 Å². The van der Waals surface area contributed by atoms with Crippen LogP contribution in [0, 0.1) is 0 Å². The van der Waals surface area contributed by atoms with Crippen molar-refractivity contribution in [1.29, 1.82) is 0 Å². The number of allylic oxidation sites excluding steroid dienone is 1. The lowest BCUT2D eigenvalue weighted by atomic mass is 10.1. The maximum atomic E-state index is 9.71. The zero-order valence-electron chi connectivity index (χ0n) is 8.23. The van der Waals surface area contributed by atoms with Crippen LogP contribution in [0.2, 0.25) is 0 Å². The van der Waals surface area contributed by atoms with E-state index in [4.69, 9.17) is 0 Å². The molecule has 1 unspecified atom stereocenters. The zero-order valence-corrected chi connectivity index (χ0v) is 8.23.